The van der Waals surface area contributed by atoms with Gasteiger partial charge in [0.05, 0.1) is 0 Å². The minimum atomic E-state index is 0.372. The van der Waals surface area contributed by atoms with Gasteiger partial charge in [-0.3, -0.25) is 0 Å². The molecule has 1 rings (SSSR count). The van der Waals surface area contributed by atoms with E-state index in [9.17, 15) is 0 Å². The third-order valence-corrected chi connectivity index (χ3v) is 2.99. The molecule has 0 aromatic carbocycles. The normalized spacial score (nSPS) is 11.6. The summed E-state index contributed by atoms with van der Waals surface area (Å²) in [7, 11) is 0. The lowest BCUT2D eigenvalue weighted by Crippen LogP contribution is -1.85. The predicted octanol–water partition coefficient (Wildman–Crippen LogP) is 3.17. The number of nitrogens with one attached hydrogen (secondary N) is 1. The summed E-state index contributed by atoms with van der Waals surface area (Å²) in [5.74, 6) is 1.26. The quantitative estimate of drug-likeness (QED) is 0.603. The van der Waals surface area contributed by atoms with Gasteiger partial charge in [-0.2, -0.15) is 4.98 Å². The van der Waals surface area contributed by atoms with E-state index in [0.29, 0.717) is 11.1 Å². The number of allylic oxidation sites excluding steroid dienone is 3. The summed E-state index contributed by atoms with van der Waals surface area (Å²) in [6.45, 7) is 6.41. The number of hydrogen-bond donors (Lipinski definition) is 2. The highest BCUT2D eigenvalue weighted by atomic mass is 32.2. The minimum Gasteiger partial charge on any atom is -0.368 e. The molecule has 4 nitrogen and oxygen atoms in total. The Labute approximate surface area is 107 Å². The maximum absolute atomic E-state index is 5.44. The summed E-state index contributed by atoms with van der Waals surface area (Å²) in [5.41, 5.74) is 8.22. The van der Waals surface area contributed by atoms with E-state index in [1.165, 1.54) is 11.1 Å². The van der Waals surface area contributed by atoms with Crippen LogP contribution in [0.25, 0.3) is 0 Å². The zero-order chi connectivity index (χ0) is 12.7. The topological polar surface area (TPSA) is 67.6 Å². The Kier molecular flexibility index (Phi) is 5.83. The molecule has 0 spiro atoms. The third kappa shape index (κ3) is 6.16. The lowest BCUT2D eigenvalue weighted by atomic mass is 10.1. The molecule has 0 aliphatic carbocycles. The predicted molar refractivity (Wildman–Crippen MR) is 73.9 cm³/mol. The molecule has 0 bridgehead atoms. The van der Waals surface area contributed by atoms with Crippen molar-refractivity contribution < 1.29 is 0 Å². The van der Waals surface area contributed by atoms with E-state index < -0.39 is 0 Å². The summed E-state index contributed by atoms with van der Waals surface area (Å²) in [6, 6.07) is 0. The largest absolute Gasteiger partial charge is 0.368 e. The minimum absolute atomic E-state index is 0.372. The van der Waals surface area contributed by atoms with Crippen LogP contribution in [0.15, 0.2) is 28.5 Å². The highest BCUT2D eigenvalue weighted by Gasteiger charge is 1.98. The van der Waals surface area contributed by atoms with Gasteiger partial charge in [0.2, 0.25) is 11.1 Å². The molecule has 1 heterocycles. The van der Waals surface area contributed by atoms with Gasteiger partial charge in [-0.15, -0.1) is 5.10 Å². The molecule has 1 aromatic heterocycles. The molecule has 0 fully saturated rings. The van der Waals surface area contributed by atoms with Crippen LogP contribution in [0.2, 0.25) is 0 Å². The Balaban J connectivity index is 2.26. The van der Waals surface area contributed by atoms with Crippen molar-refractivity contribution in [3.63, 3.8) is 0 Å². The van der Waals surface area contributed by atoms with Crippen molar-refractivity contribution >= 4 is 17.7 Å². The molecular weight excluding hydrogens is 232 g/mol. The Morgan fingerprint density at radius 2 is 2.12 bits per heavy atom. The van der Waals surface area contributed by atoms with Crippen LogP contribution < -0.4 is 5.73 Å². The summed E-state index contributed by atoms with van der Waals surface area (Å²) in [6.07, 6.45) is 6.71. The molecule has 0 saturated carbocycles. The van der Waals surface area contributed by atoms with Crippen molar-refractivity contribution in [2.75, 3.05) is 11.5 Å². The van der Waals surface area contributed by atoms with Crippen LogP contribution in [0.4, 0.5) is 5.95 Å². The van der Waals surface area contributed by atoms with Crippen LogP contribution in [-0.2, 0) is 0 Å². The molecule has 3 N–H and O–H groups in total. The van der Waals surface area contributed by atoms with E-state index in [1.807, 2.05) is 0 Å². The maximum atomic E-state index is 5.44. The van der Waals surface area contributed by atoms with E-state index in [-0.39, 0.29) is 0 Å². The fourth-order valence-corrected chi connectivity index (χ4v) is 2.06. The number of H-pyrrole nitrogens is 1. The van der Waals surface area contributed by atoms with Gasteiger partial charge in [-0.1, -0.05) is 35.1 Å². The molecule has 0 aliphatic rings. The molecule has 0 atom stereocenters. The van der Waals surface area contributed by atoms with Crippen LogP contribution in [0.3, 0.4) is 0 Å². The average molecular weight is 252 g/mol. The molecule has 17 heavy (non-hydrogen) atoms. The molecule has 0 aliphatic heterocycles. The Morgan fingerprint density at radius 1 is 1.35 bits per heavy atom. The van der Waals surface area contributed by atoms with Gasteiger partial charge in [0.15, 0.2) is 0 Å². The number of aromatic amines is 1. The molecule has 0 unspecified atom stereocenters. The SMILES string of the molecule is CC(C)=CCC/C(C)=C/CSc1n[nH]c(N)n1. The van der Waals surface area contributed by atoms with E-state index in [4.69, 9.17) is 5.73 Å². The fraction of sp³-hybridized carbons (Fsp3) is 0.500. The van der Waals surface area contributed by atoms with Crippen LogP contribution >= 0.6 is 11.8 Å². The van der Waals surface area contributed by atoms with E-state index in [1.54, 1.807) is 11.8 Å². The number of nitrogens with two attached hydrogens (primary N) is 1. The number of hydrogen-bond acceptors (Lipinski definition) is 4. The lowest BCUT2D eigenvalue weighted by Gasteiger charge is -1.98. The van der Waals surface area contributed by atoms with Crippen molar-refractivity contribution in [2.45, 2.75) is 38.8 Å². The first-order valence-electron chi connectivity index (χ1n) is 5.67. The van der Waals surface area contributed by atoms with Crippen LogP contribution in [0.5, 0.6) is 0 Å². The van der Waals surface area contributed by atoms with E-state index >= 15 is 0 Å². The average Bonchev–Trinajstić information content (AvgIpc) is 2.63. The molecule has 1 aromatic rings. The Morgan fingerprint density at radius 3 is 2.71 bits per heavy atom. The Bertz CT molecular complexity index is 402. The zero-order valence-electron chi connectivity index (χ0n) is 10.7. The number of nitrogens with zero attached hydrogens (tertiary/aromatic N) is 2. The van der Waals surface area contributed by atoms with Gasteiger partial charge in [0.1, 0.15) is 0 Å². The number of aromatic nitrogens is 3. The van der Waals surface area contributed by atoms with Crippen molar-refractivity contribution in [1.82, 2.24) is 15.2 Å². The molecular formula is C12H20N4S. The first-order valence-corrected chi connectivity index (χ1v) is 6.66. The molecule has 0 amide bonds. The van der Waals surface area contributed by atoms with Crippen LogP contribution in [0.1, 0.15) is 33.6 Å². The van der Waals surface area contributed by atoms with Gasteiger partial charge in [-0.05, 0) is 33.6 Å². The maximum Gasteiger partial charge on any atom is 0.216 e. The summed E-state index contributed by atoms with van der Waals surface area (Å²) < 4.78 is 0. The van der Waals surface area contributed by atoms with E-state index in [2.05, 4.69) is 48.1 Å². The first kappa shape index (κ1) is 13.8. The molecule has 0 radical (unpaired) electrons. The summed E-state index contributed by atoms with van der Waals surface area (Å²) >= 11 is 1.58. The van der Waals surface area contributed by atoms with Crippen molar-refractivity contribution in [1.29, 1.82) is 0 Å². The number of nitrogen functional groups attached to an aromatic ring is 1. The third-order valence-electron chi connectivity index (χ3n) is 2.22. The second kappa shape index (κ2) is 7.17. The molecule has 5 heteroatoms. The summed E-state index contributed by atoms with van der Waals surface area (Å²) in [4.78, 5) is 4.03. The lowest BCUT2D eigenvalue weighted by molar-refractivity contribution is 0.961. The van der Waals surface area contributed by atoms with Crippen molar-refractivity contribution in [3.8, 4) is 0 Å². The highest BCUT2D eigenvalue weighted by Crippen LogP contribution is 2.15. The number of anilines is 1. The zero-order valence-corrected chi connectivity index (χ0v) is 11.5. The van der Waals surface area contributed by atoms with Gasteiger partial charge in [0, 0.05) is 5.75 Å². The van der Waals surface area contributed by atoms with Crippen LogP contribution in [-0.4, -0.2) is 20.9 Å². The van der Waals surface area contributed by atoms with Crippen LogP contribution in [0, 0.1) is 0 Å². The van der Waals surface area contributed by atoms with Crippen molar-refractivity contribution in [3.05, 3.63) is 23.3 Å². The van der Waals surface area contributed by atoms with E-state index in [0.717, 1.165) is 18.6 Å². The second-order valence-electron chi connectivity index (χ2n) is 4.18. The van der Waals surface area contributed by atoms with Gasteiger partial charge in [-0.25, -0.2) is 5.10 Å². The smallest absolute Gasteiger partial charge is 0.216 e. The Hall–Kier alpha value is -1.23. The van der Waals surface area contributed by atoms with Gasteiger partial charge >= 0.3 is 0 Å². The summed E-state index contributed by atoms with van der Waals surface area (Å²) in [5, 5.41) is 7.29. The van der Waals surface area contributed by atoms with Gasteiger partial charge < -0.3 is 5.73 Å². The van der Waals surface area contributed by atoms with Gasteiger partial charge in [0.25, 0.3) is 0 Å². The second-order valence-corrected chi connectivity index (χ2v) is 5.17. The monoisotopic (exact) mass is 252 g/mol. The standard InChI is InChI=1S/C12H20N4S/c1-9(2)5-4-6-10(3)7-8-17-12-14-11(13)15-16-12/h5,7H,4,6,8H2,1-3H3,(H3,13,14,15,16)/b10-7+. The number of thioether (sulfide) groups is 1. The highest BCUT2D eigenvalue weighted by molar-refractivity contribution is 7.99. The molecule has 0 saturated heterocycles. The fourth-order valence-electron chi connectivity index (χ4n) is 1.27. The van der Waals surface area contributed by atoms with Crippen molar-refractivity contribution in [2.24, 2.45) is 0 Å². The number of rotatable bonds is 6. The molecule has 94 valence electrons. The first-order chi connectivity index (χ1) is 8.08.